The van der Waals surface area contributed by atoms with Crippen molar-refractivity contribution in [2.75, 3.05) is 26.3 Å². The van der Waals surface area contributed by atoms with Gasteiger partial charge >= 0.3 is 0 Å². The molecule has 0 spiro atoms. The Hall–Kier alpha value is -2.89. The molecule has 1 amide bonds. The maximum atomic E-state index is 12.2. The lowest BCUT2D eigenvalue weighted by molar-refractivity contribution is -0.123. The minimum atomic E-state index is -0.133. The van der Waals surface area contributed by atoms with Crippen molar-refractivity contribution in [1.82, 2.24) is 5.32 Å². The molecule has 1 unspecified atom stereocenters. The SMILES string of the molecule is NCCc1ccc(-c2cc(OCC(=O)NCC3CCCO3)cc3ccccc23)cc1. The molecule has 1 aliphatic heterocycles. The highest BCUT2D eigenvalue weighted by Gasteiger charge is 2.16. The molecule has 5 heteroatoms. The number of nitrogens with one attached hydrogen (secondary N) is 1. The van der Waals surface area contributed by atoms with Gasteiger partial charge in [0.25, 0.3) is 5.91 Å². The number of ether oxygens (including phenoxy) is 2. The fraction of sp³-hybridized carbons (Fsp3) is 0.320. The molecule has 1 saturated heterocycles. The van der Waals surface area contributed by atoms with Crippen molar-refractivity contribution in [3.63, 3.8) is 0 Å². The summed E-state index contributed by atoms with van der Waals surface area (Å²) < 4.78 is 11.4. The Bertz CT molecular complexity index is 995. The monoisotopic (exact) mass is 404 g/mol. The Morgan fingerprint density at radius 3 is 2.73 bits per heavy atom. The Kier molecular flexibility index (Phi) is 6.62. The average molecular weight is 405 g/mol. The van der Waals surface area contributed by atoms with Crippen molar-refractivity contribution in [3.05, 3.63) is 66.2 Å². The number of hydrogen-bond donors (Lipinski definition) is 2. The molecule has 30 heavy (non-hydrogen) atoms. The molecule has 156 valence electrons. The Morgan fingerprint density at radius 2 is 1.97 bits per heavy atom. The van der Waals surface area contributed by atoms with Crippen LogP contribution in [0.1, 0.15) is 18.4 Å². The summed E-state index contributed by atoms with van der Waals surface area (Å²) in [7, 11) is 0. The molecule has 3 N–H and O–H groups in total. The van der Waals surface area contributed by atoms with Crippen LogP contribution in [0.5, 0.6) is 5.75 Å². The Morgan fingerprint density at radius 1 is 1.13 bits per heavy atom. The van der Waals surface area contributed by atoms with Crippen LogP contribution in [0.2, 0.25) is 0 Å². The van der Waals surface area contributed by atoms with E-state index in [9.17, 15) is 4.79 Å². The Balaban J connectivity index is 1.50. The molecule has 0 aliphatic carbocycles. The topological polar surface area (TPSA) is 73.6 Å². The molecule has 1 fully saturated rings. The second kappa shape index (κ2) is 9.74. The first kappa shape index (κ1) is 20.4. The van der Waals surface area contributed by atoms with Crippen molar-refractivity contribution in [2.45, 2.75) is 25.4 Å². The van der Waals surface area contributed by atoms with Gasteiger partial charge in [0.2, 0.25) is 0 Å². The molecule has 4 rings (SSSR count). The highest BCUT2D eigenvalue weighted by atomic mass is 16.5. The van der Waals surface area contributed by atoms with Gasteiger partial charge in [-0.2, -0.15) is 0 Å². The summed E-state index contributed by atoms with van der Waals surface area (Å²) in [5, 5.41) is 5.13. The van der Waals surface area contributed by atoms with Gasteiger partial charge in [0.1, 0.15) is 5.75 Å². The van der Waals surface area contributed by atoms with E-state index in [1.807, 2.05) is 24.3 Å². The van der Waals surface area contributed by atoms with Gasteiger partial charge in [-0.15, -0.1) is 0 Å². The highest BCUT2D eigenvalue weighted by Crippen LogP contribution is 2.33. The fourth-order valence-electron chi connectivity index (χ4n) is 3.86. The first-order valence-corrected chi connectivity index (χ1v) is 10.6. The maximum Gasteiger partial charge on any atom is 0.258 e. The zero-order chi connectivity index (χ0) is 20.8. The van der Waals surface area contributed by atoms with Crippen LogP contribution in [-0.4, -0.2) is 38.3 Å². The number of carbonyl (C=O) groups excluding carboxylic acids is 1. The van der Waals surface area contributed by atoms with Crippen LogP contribution in [0, 0.1) is 0 Å². The average Bonchev–Trinajstić information content (AvgIpc) is 3.30. The van der Waals surface area contributed by atoms with Crippen molar-refractivity contribution < 1.29 is 14.3 Å². The largest absolute Gasteiger partial charge is 0.484 e. The second-order valence-electron chi connectivity index (χ2n) is 7.66. The van der Waals surface area contributed by atoms with Gasteiger partial charge < -0.3 is 20.5 Å². The predicted molar refractivity (Wildman–Crippen MR) is 120 cm³/mol. The highest BCUT2D eigenvalue weighted by molar-refractivity contribution is 5.98. The third-order valence-electron chi connectivity index (χ3n) is 5.45. The molecule has 1 atom stereocenters. The van der Waals surface area contributed by atoms with E-state index < -0.39 is 0 Å². The zero-order valence-electron chi connectivity index (χ0n) is 17.1. The number of benzene rings is 3. The lowest BCUT2D eigenvalue weighted by Gasteiger charge is -2.14. The first-order chi connectivity index (χ1) is 14.7. The number of carbonyl (C=O) groups is 1. The van der Waals surface area contributed by atoms with Gasteiger partial charge in [0.15, 0.2) is 6.61 Å². The zero-order valence-corrected chi connectivity index (χ0v) is 17.1. The first-order valence-electron chi connectivity index (χ1n) is 10.6. The minimum absolute atomic E-state index is 0.0140. The van der Waals surface area contributed by atoms with Crippen LogP contribution >= 0.6 is 0 Å². The van der Waals surface area contributed by atoms with Crippen LogP contribution in [0.25, 0.3) is 21.9 Å². The number of amides is 1. The van der Waals surface area contributed by atoms with Crippen LogP contribution in [-0.2, 0) is 16.0 Å². The smallest absolute Gasteiger partial charge is 0.258 e. The van der Waals surface area contributed by atoms with Crippen LogP contribution < -0.4 is 15.8 Å². The van der Waals surface area contributed by atoms with E-state index in [0.29, 0.717) is 18.8 Å². The Labute approximate surface area is 177 Å². The summed E-state index contributed by atoms with van der Waals surface area (Å²) in [4.78, 5) is 12.2. The van der Waals surface area contributed by atoms with Gasteiger partial charge in [-0.05, 0) is 65.4 Å². The summed E-state index contributed by atoms with van der Waals surface area (Å²) in [6.07, 6.45) is 3.05. The number of fused-ring (bicyclic) bond motifs is 1. The molecule has 0 aromatic heterocycles. The van der Waals surface area contributed by atoms with E-state index in [1.54, 1.807) is 0 Å². The van der Waals surface area contributed by atoms with Crippen molar-refractivity contribution >= 4 is 16.7 Å². The molecule has 0 radical (unpaired) electrons. The number of nitrogens with two attached hydrogens (primary N) is 1. The molecular formula is C25H28N2O3. The predicted octanol–water partition coefficient (Wildman–Crippen LogP) is 3.68. The van der Waals surface area contributed by atoms with Crippen LogP contribution in [0.3, 0.4) is 0 Å². The van der Waals surface area contributed by atoms with Gasteiger partial charge in [-0.3, -0.25) is 4.79 Å². The molecule has 5 nitrogen and oxygen atoms in total. The molecule has 3 aromatic carbocycles. The van der Waals surface area contributed by atoms with Gasteiger partial charge in [-0.1, -0.05) is 48.5 Å². The van der Waals surface area contributed by atoms with Gasteiger partial charge in [0, 0.05) is 13.2 Å². The summed E-state index contributed by atoms with van der Waals surface area (Å²) in [5.74, 6) is 0.549. The van der Waals surface area contributed by atoms with Gasteiger partial charge in [-0.25, -0.2) is 0 Å². The molecule has 0 bridgehead atoms. The van der Waals surface area contributed by atoms with Crippen LogP contribution in [0.4, 0.5) is 0 Å². The maximum absolute atomic E-state index is 12.2. The van der Waals surface area contributed by atoms with Crippen molar-refractivity contribution in [3.8, 4) is 16.9 Å². The number of rotatable bonds is 8. The normalized spacial score (nSPS) is 16.0. The lowest BCUT2D eigenvalue weighted by atomic mass is 9.96. The molecule has 1 heterocycles. The van der Waals surface area contributed by atoms with E-state index in [2.05, 4.69) is 41.7 Å². The minimum Gasteiger partial charge on any atom is -0.484 e. The lowest BCUT2D eigenvalue weighted by Crippen LogP contribution is -2.35. The summed E-state index contributed by atoms with van der Waals surface area (Å²) in [6.45, 7) is 1.95. The molecule has 3 aromatic rings. The van der Waals surface area contributed by atoms with E-state index in [0.717, 1.165) is 47.8 Å². The standard InChI is InChI=1S/C25H28N2O3/c26-12-11-18-7-9-19(10-8-18)24-15-22(14-20-4-1-2-6-23(20)24)30-17-25(28)27-16-21-5-3-13-29-21/h1-2,4,6-10,14-15,21H,3,5,11-13,16-17,26H2,(H,27,28). The third-order valence-corrected chi connectivity index (χ3v) is 5.45. The van der Waals surface area contributed by atoms with Crippen molar-refractivity contribution in [1.29, 1.82) is 0 Å². The number of hydrogen-bond acceptors (Lipinski definition) is 4. The molecule has 0 saturated carbocycles. The summed E-state index contributed by atoms with van der Waals surface area (Å²) >= 11 is 0. The van der Waals surface area contributed by atoms with Crippen molar-refractivity contribution in [2.24, 2.45) is 5.73 Å². The summed E-state index contributed by atoms with van der Waals surface area (Å²) in [5.41, 5.74) is 9.08. The third kappa shape index (κ3) is 4.99. The van der Waals surface area contributed by atoms with E-state index in [-0.39, 0.29) is 18.6 Å². The summed E-state index contributed by atoms with van der Waals surface area (Å²) in [6, 6.07) is 20.7. The second-order valence-corrected chi connectivity index (χ2v) is 7.66. The van der Waals surface area contributed by atoms with E-state index in [4.69, 9.17) is 15.2 Å². The molecular weight excluding hydrogens is 376 g/mol. The quantitative estimate of drug-likeness (QED) is 0.601. The van der Waals surface area contributed by atoms with Crippen LogP contribution in [0.15, 0.2) is 60.7 Å². The molecule has 1 aliphatic rings. The van der Waals surface area contributed by atoms with E-state index >= 15 is 0 Å². The van der Waals surface area contributed by atoms with E-state index in [1.165, 1.54) is 5.56 Å². The van der Waals surface area contributed by atoms with Gasteiger partial charge in [0.05, 0.1) is 6.10 Å². The fourth-order valence-corrected chi connectivity index (χ4v) is 3.86.